The molecule has 82 valence electrons. The summed E-state index contributed by atoms with van der Waals surface area (Å²) in [4.78, 5) is 3.56. The van der Waals surface area contributed by atoms with Crippen molar-refractivity contribution in [3.05, 3.63) is 28.8 Å². The lowest BCUT2D eigenvalue weighted by atomic mass is 10.2. The Bertz CT molecular complexity index is 397. The van der Waals surface area contributed by atoms with Gasteiger partial charge in [-0.1, -0.05) is 11.6 Å². The van der Waals surface area contributed by atoms with Crippen molar-refractivity contribution in [2.45, 2.75) is 6.18 Å². The van der Waals surface area contributed by atoms with E-state index in [1.54, 1.807) is 0 Å². The van der Waals surface area contributed by atoms with Crippen molar-refractivity contribution < 1.29 is 13.2 Å². The molecular formula is C8H7ClF3N3. The van der Waals surface area contributed by atoms with E-state index in [-0.39, 0.29) is 11.6 Å². The molecule has 0 heterocycles. The topological polar surface area (TPSA) is 64.4 Å². The fraction of sp³-hybridized carbons (Fsp3) is 0.125. The van der Waals surface area contributed by atoms with Crippen LogP contribution >= 0.6 is 11.6 Å². The lowest BCUT2D eigenvalue weighted by Crippen LogP contribution is -2.21. The molecule has 0 bridgehead atoms. The molecule has 0 aliphatic carbocycles. The Kier molecular flexibility index (Phi) is 3.09. The highest BCUT2D eigenvalue weighted by Gasteiger charge is 2.32. The van der Waals surface area contributed by atoms with Gasteiger partial charge in [0.15, 0.2) is 5.96 Å². The van der Waals surface area contributed by atoms with Gasteiger partial charge >= 0.3 is 6.18 Å². The first-order valence-electron chi connectivity index (χ1n) is 3.77. The summed E-state index contributed by atoms with van der Waals surface area (Å²) in [6, 6.07) is 3.00. The zero-order valence-electron chi connectivity index (χ0n) is 7.35. The van der Waals surface area contributed by atoms with Crippen molar-refractivity contribution in [3.63, 3.8) is 0 Å². The van der Waals surface area contributed by atoms with E-state index in [9.17, 15) is 13.2 Å². The Morgan fingerprint density at radius 3 is 2.27 bits per heavy atom. The molecule has 1 aromatic rings. The smallest absolute Gasteiger partial charge is 0.370 e. The SMILES string of the molecule is NC(N)=Nc1ccc(C(F)(F)F)c(Cl)c1. The van der Waals surface area contributed by atoms with Crippen LogP contribution in [-0.2, 0) is 6.18 Å². The predicted molar refractivity (Wildman–Crippen MR) is 51.9 cm³/mol. The van der Waals surface area contributed by atoms with E-state index in [4.69, 9.17) is 23.1 Å². The van der Waals surface area contributed by atoms with Crippen molar-refractivity contribution in [3.8, 4) is 0 Å². The molecule has 3 nitrogen and oxygen atoms in total. The number of halogens is 4. The molecule has 0 saturated heterocycles. The highest BCUT2D eigenvalue weighted by atomic mass is 35.5. The largest absolute Gasteiger partial charge is 0.417 e. The van der Waals surface area contributed by atoms with Crippen LogP contribution in [0.3, 0.4) is 0 Å². The average molecular weight is 238 g/mol. The predicted octanol–water partition coefficient (Wildman–Crippen LogP) is 2.26. The van der Waals surface area contributed by atoms with Gasteiger partial charge in [-0.15, -0.1) is 0 Å². The van der Waals surface area contributed by atoms with Crippen molar-refractivity contribution in [2.75, 3.05) is 0 Å². The zero-order valence-corrected chi connectivity index (χ0v) is 8.10. The molecule has 4 N–H and O–H groups in total. The number of benzene rings is 1. The van der Waals surface area contributed by atoms with Gasteiger partial charge in [0, 0.05) is 0 Å². The molecule has 0 spiro atoms. The number of hydrogen-bond acceptors (Lipinski definition) is 1. The van der Waals surface area contributed by atoms with E-state index >= 15 is 0 Å². The van der Waals surface area contributed by atoms with Gasteiger partial charge in [0.1, 0.15) is 0 Å². The summed E-state index contributed by atoms with van der Waals surface area (Å²) in [6.45, 7) is 0. The average Bonchev–Trinajstić information content (AvgIpc) is 1.99. The van der Waals surface area contributed by atoms with Crippen molar-refractivity contribution in [1.82, 2.24) is 0 Å². The van der Waals surface area contributed by atoms with Crippen molar-refractivity contribution in [1.29, 1.82) is 0 Å². The third kappa shape index (κ3) is 3.02. The molecule has 0 aromatic heterocycles. The van der Waals surface area contributed by atoms with Gasteiger partial charge in [0.2, 0.25) is 0 Å². The molecule has 1 aromatic carbocycles. The number of rotatable bonds is 1. The summed E-state index contributed by atoms with van der Waals surface area (Å²) in [6.07, 6.45) is -4.48. The van der Waals surface area contributed by atoms with Crippen LogP contribution in [-0.4, -0.2) is 5.96 Å². The number of hydrogen-bond donors (Lipinski definition) is 2. The summed E-state index contributed by atoms with van der Waals surface area (Å²) >= 11 is 5.43. The van der Waals surface area contributed by atoms with Crippen LogP contribution in [0.25, 0.3) is 0 Å². The number of aliphatic imine (C=N–C) groups is 1. The van der Waals surface area contributed by atoms with Crippen LogP contribution < -0.4 is 11.5 Å². The fourth-order valence-electron chi connectivity index (χ4n) is 0.953. The van der Waals surface area contributed by atoms with Gasteiger partial charge in [0.25, 0.3) is 0 Å². The second-order valence-electron chi connectivity index (χ2n) is 2.70. The quantitative estimate of drug-likeness (QED) is 0.581. The van der Waals surface area contributed by atoms with E-state index in [1.165, 1.54) is 0 Å². The summed E-state index contributed by atoms with van der Waals surface area (Å²) in [5, 5.41) is -0.440. The van der Waals surface area contributed by atoms with E-state index in [1.807, 2.05) is 0 Å². The second kappa shape index (κ2) is 3.98. The maximum atomic E-state index is 12.3. The van der Waals surface area contributed by atoms with E-state index < -0.39 is 16.8 Å². The van der Waals surface area contributed by atoms with Gasteiger partial charge in [-0.3, -0.25) is 0 Å². The van der Waals surface area contributed by atoms with Crippen LogP contribution in [0.5, 0.6) is 0 Å². The normalized spacial score (nSPS) is 11.2. The molecular weight excluding hydrogens is 231 g/mol. The van der Waals surface area contributed by atoms with Gasteiger partial charge in [-0.25, -0.2) is 4.99 Å². The molecule has 0 saturated carbocycles. The van der Waals surface area contributed by atoms with Crippen LogP contribution in [0.15, 0.2) is 23.2 Å². The second-order valence-corrected chi connectivity index (χ2v) is 3.11. The molecule has 15 heavy (non-hydrogen) atoms. The number of alkyl halides is 3. The van der Waals surface area contributed by atoms with Crippen LogP contribution in [0.1, 0.15) is 5.56 Å². The molecule has 1 rings (SSSR count). The first-order chi connectivity index (χ1) is 6.80. The fourth-order valence-corrected chi connectivity index (χ4v) is 1.23. The molecule has 0 fully saturated rings. The maximum Gasteiger partial charge on any atom is 0.417 e. The third-order valence-electron chi connectivity index (χ3n) is 1.52. The lowest BCUT2D eigenvalue weighted by Gasteiger charge is -2.08. The summed E-state index contributed by atoms with van der Waals surface area (Å²) in [5.41, 5.74) is 9.38. The zero-order chi connectivity index (χ0) is 11.6. The Labute approximate surface area is 88.5 Å². The lowest BCUT2D eigenvalue weighted by molar-refractivity contribution is -0.137. The summed E-state index contributed by atoms with van der Waals surface area (Å²) < 4.78 is 36.8. The minimum absolute atomic E-state index is 0.174. The highest BCUT2D eigenvalue weighted by molar-refractivity contribution is 6.31. The maximum absolute atomic E-state index is 12.3. The van der Waals surface area contributed by atoms with Crippen LogP contribution in [0.2, 0.25) is 5.02 Å². The number of guanidine groups is 1. The van der Waals surface area contributed by atoms with E-state index in [2.05, 4.69) is 4.99 Å². The van der Waals surface area contributed by atoms with Crippen molar-refractivity contribution in [2.24, 2.45) is 16.5 Å². The minimum atomic E-state index is -4.48. The Hall–Kier alpha value is -1.43. The van der Waals surface area contributed by atoms with Gasteiger partial charge in [-0.05, 0) is 18.2 Å². The Morgan fingerprint density at radius 2 is 1.87 bits per heavy atom. The first-order valence-corrected chi connectivity index (χ1v) is 4.15. The van der Waals surface area contributed by atoms with Gasteiger partial charge in [0.05, 0.1) is 16.3 Å². The van der Waals surface area contributed by atoms with Gasteiger partial charge in [-0.2, -0.15) is 13.2 Å². The first kappa shape index (κ1) is 11.6. The summed E-state index contributed by atoms with van der Waals surface area (Å²) in [5.74, 6) is -0.245. The Balaban J connectivity index is 3.15. The molecule has 7 heteroatoms. The van der Waals surface area contributed by atoms with Crippen LogP contribution in [0, 0.1) is 0 Å². The van der Waals surface area contributed by atoms with Gasteiger partial charge < -0.3 is 11.5 Å². The minimum Gasteiger partial charge on any atom is -0.370 e. The molecule has 0 aliphatic heterocycles. The summed E-state index contributed by atoms with van der Waals surface area (Å²) in [7, 11) is 0. The molecule has 0 amide bonds. The molecule has 0 unspecified atom stereocenters. The number of nitrogens with zero attached hydrogens (tertiary/aromatic N) is 1. The van der Waals surface area contributed by atoms with E-state index in [0.717, 1.165) is 18.2 Å². The highest BCUT2D eigenvalue weighted by Crippen LogP contribution is 2.36. The van der Waals surface area contributed by atoms with Crippen LogP contribution in [0.4, 0.5) is 18.9 Å². The third-order valence-corrected chi connectivity index (χ3v) is 1.83. The number of nitrogens with two attached hydrogens (primary N) is 2. The standard InChI is InChI=1S/C8H7ClF3N3/c9-6-3-4(15-7(13)14)1-2-5(6)8(10,11)12/h1-3H,(H4,13,14,15). The Morgan fingerprint density at radius 1 is 1.27 bits per heavy atom. The molecule has 0 aliphatic rings. The van der Waals surface area contributed by atoms with Crippen molar-refractivity contribution >= 4 is 23.2 Å². The monoisotopic (exact) mass is 237 g/mol. The molecule has 0 atom stereocenters. The molecule has 0 radical (unpaired) electrons. The van der Waals surface area contributed by atoms with E-state index in [0.29, 0.717) is 0 Å².